The van der Waals surface area contributed by atoms with E-state index < -0.39 is 35.2 Å². The molecule has 4 aliphatic rings. The number of phenolic OH excluding ortho intramolecular Hbond substituents is 1. The van der Waals surface area contributed by atoms with Gasteiger partial charge in [-0.25, -0.2) is 4.79 Å². The molecule has 5 rings (SSSR count). The Morgan fingerprint density at radius 2 is 2.06 bits per heavy atom. The summed E-state index contributed by atoms with van der Waals surface area (Å²) in [6.45, 7) is 3.50. The number of carbonyl (C=O) groups excluding carboxylic acids is 3. The Hall–Kier alpha value is -2.91. The van der Waals surface area contributed by atoms with Crippen LogP contribution in [0.4, 0.5) is 0 Å². The van der Waals surface area contributed by atoms with Crippen LogP contribution in [0.2, 0.25) is 0 Å². The van der Waals surface area contributed by atoms with Crippen molar-refractivity contribution in [2.45, 2.75) is 75.2 Å². The largest absolute Gasteiger partial charge is 0.504 e. The third kappa shape index (κ3) is 3.10. The molecule has 2 bridgehead atoms. The molecule has 0 saturated carbocycles. The molecule has 0 unspecified atom stereocenters. The summed E-state index contributed by atoms with van der Waals surface area (Å²) in [6, 6.07) is 3.32. The van der Waals surface area contributed by atoms with Gasteiger partial charge in [-0.15, -0.1) is 0 Å². The molecule has 2 aliphatic heterocycles. The van der Waals surface area contributed by atoms with Gasteiger partial charge in [-0.2, -0.15) is 0 Å². The number of ketones is 1. The first kappa shape index (κ1) is 22.9. The van der Waals surface area contributed by atoms with Crippen LogP contribution >= 0.6 is 0 Å². The fourth-order valence-electron chi connectivity index (χ4n) is 6.22. The second-order valence-electron chi connectivity index (χ2n) is 9.86. The Labute approximate surface area is 197 Å². The zero-order valence-electron chi connectivity index (χ0n) is 19.5. The molecule has 2 heterocycles. The smallest absolute Gasteiger partial charge is 0.352 e. The Bertz CT molecular complexity index is 1110. The molecule has 1 spiro atoms. The predicted molar refractivity (Wildman–Crippen MR) is 118 cm³/mol. The molecular formula is C25H29NO8. The van der Waals surface area contributed by atoms with Gasteiger partial charge in [-0.1, -0.05) is 6.07 Å². The number of esters is 2. The summed E-state index contributed by atoms with van der Waals surface area (Å²) >= 11 is 0. The molecule has 0 amide bonds. The third-order valence-corrected chi connectivity index (χ3v) is 7.89. The molecule has 0 aromatic heterocycles. The van der Waals surface area contributed by atoms with Crippen molar-refractivity contribution in [3.05, 3.63) is 35.1 Å². The number of Topliss-reactive ketones (excluding diaryl/α,β-unsaturated/α-hetero) is 1. The van der Waals surface area contributed by atoms with Crippen molar-refractivity contribution in [3.8, 4) is 11.5 Å². The van der Waals surface area contributed by atoms with E-state index in [0.717, 1.165) is 11.1 Å². The van der Waals surface area contributed by atoms with Gasteiger partial charge in [0.2, 0.25) is 0 Å². The number of carbonyl (C=O) groups is 3. The van der Waals surface area contributed by atoms with Crippen LogP contribution in [0.5, 0.6) is 11.5 Å². The first-order valence-electron chi connectivity index (χ1n) is 11.6. The molecule has 1 aromatic rings. The number of aromatic hydroxyl groups is 1. The van der Waals surface area contributed by atoms with Crippen molar-refractivity contribution in [1.29, 1.82) is 0 Å². The van der Waals surface area contributed by atoms with E-state index in [-0.39, 0.29) is 42.6 Å². The summed E-state index contributed by atoms with van der Waals surface area (Å²) in [4.78, 5) is 38.0. The van der Waals surface area contributed by atoms with Crippen LogP contribution in [0.15, 0.2) is 24.0 Å². The van der Waals surface area contributed by atoms with Gasteiger partial charge in [0.25, 0.3) is 0 Å². The van der Waals surface area contributed by atoms with Crippen LogP contribution < -0.4 is 4.74 Å². The van der Waals surface area contributed by atoms with Crippen LogP contribution in [-0.4, -0.2) is 70.3 Å². The number of hydrogen-bond donors (Lipinski definition) is 2. The normalized spacial score (nSPS) is 31.6. The summed E-state index contributed by atoms with van der Waals surface area (Å²) in [5.41, 5.74) is -0.207. The fourth-order valence-corrected chi connectivity index (χ4v) is 6.22. The molecular weight excluding hydrogens is 442 g/mol. The minimum Gasteiger partial charge on any atom is -0.504 e. The van der Waals surface area contributed by atoms with Gasteiger partial charge in [0.15, 0.2) is 23.7 Å². The maximum absolute atomic E-state index is 12.8. The lowest BCUT2D eigenvalue weighted by Gasteiger charge is -2.61. The molecule has 1 fully saturated rings. The van der Waals surface area contributed by atoms with Crippen LogP contribution in [-0.2, 0) is 35.7 Å². The zero-order valence-corrected chi connectivity index (χ0v) is 19.5. The van der Waals surface area contributed by atoms with Crippen LogP contribution in [0.1, 0.15) is 50.7 Å². The summed E-state index contributed by atoms with van der Waals surface area (Å²) in [7, 11) is 1.99. The molecule has 9 heteroatoms. The van der Waals surface area contributed by atoms with Gasteiger partial charge in [0.05, 0.1) is 17.4 Å². The summed E-state index contributed by atoms with van der Waals surface area (Å²) in [5.74, 6) is -1.01. The lowest BCUT2D eigenvalue weighted by atomic mass is 9.50. The van der Waals surface area contributed by atoms with Crippen LogP contribution in [0.3, 0.4) is 0 Å². The summed E-state index contributed by atoms with van der Waals surface area (Å²) < 4.78 is 17.0. The van der Waals surface area contributed by atoms with Crippen LogP contribution in [0, 0.1) is 0 Å². The lowest BCUT2D eigenvalue weighted by molar-refractivity contribution is -0.175. The topological polar surface area (TPSA) is 123 Å². The highest BCUT2D eigenvalue weighted by atomic mass is 16.6. The van der Waals surface area contributed by atoms with Crippen molar-refractivity contribution in [2.24, 2.45) is 0 Å². The Kier molecular flexibility index (Phi) is 5.25. The molecule has 2 aliphatic carbocycles. The highest BCUT2D eigenvalue weighted by Crippen LogP contribution is 2.65. The monoisotopic (exact) mass is 471 g/mol. The summed E-state index contributed by atoms with van der Waals surface area (Å²) in [6.07, 6.45) is 1.08. The third-order valence-electron chi connectivity index (χ3n) is 7.89. The molecule has 0 radical (unpaired) electrons. The quantitative estimate of drug-likeness (QED) is 0.595. The number of rotatable bonds is 6. The standard InChI is InChI=1S/C25H29NO8/c1-13(27)4-7-19(29)32-14(2)23(30)33-17-8-9-25(31)18-12-15-5-6-16(28)21-20(15)24(25,22(17)34-21)10-11-26(18)3/h5-6,8,14,18,22,28,31H,4,7,9-12H2,1-3H3/t14-,18+,22-,24-,25+/m0/s1. The molecule has 9 nitrogen and oxygen atoms in total. The van der Waals surface area contributed by atoms with E-state index in [4.69, 9.17) is 14.2 Å². The molecule has 2 N–H and O–H groups in total. The zero-order chi connectivity index (χ0) is 24.4. The predicted octanol–water partition coefficient (Wildman–Crippen LogP) is 1.51. The van der Waals surface area contributed by atoms with E-state index >= 15 is 0 Å². The van der Waals surface area contributed by atoms with Crippen molar-refractivity contribution in [1.82, 2.24) is 4.90 Å². The molecule has 5 atom stereocenters. The molecule has 1 saturated heterocycles. The first-order chi connectivity index (χ1) is 16.1. The van der Waals surface area contributed by atoms with Gasteiger partial charge in [0.1, 0.15) is 11.5 Å². The first-order valence-corrected chi connectivity index (χ1v) is 11.6. The van der Waals surface area contributed by atoms with E-state index in [1.165, 1.54) is 13.8 Å². The molecule has 34 heavy (non-hydrogen) atoms. The van der Waals surface area contributed by atoms with Gasteiger partial charge in [-0.3, -0.25) is 4.79 Å². The van der Waals surface area contributed by atoms with Crippen LogP contribution in [0.25, 0.3) is 0 Å². The maximum Gasteiger partial charge on any atom is 0.352 e. The van der Waals surface area contributed by atoms with Gasteiger partial charge < -0.3 is 34.1 Å². The number of piperidine rings is 1. The number of aliphatic hydroxyl groups is 1. The van der Waals surface area contributed by atoms with E-state index in [1.807, 2.05) is 13.1 Å². The number of likely N-dealkylation sites (N-methyl/N-ethyl adjacent to an activating group) is 1. The van der Waals surface area contributed by atoms with Gasteiger partial charge in [-0.05, 0) is 58.0 Å². The number of hydrogen-bond acceptors (Lipinski definition) is 9. The molecule has 182 valence electrons. The van der Waals surface area contributed by atoms with E-state index in [0.29, 0.717) is 25.1 Å². The fraction of sp³-hybridized carbons (Fsp3) is 0.560. The minimum atomic E-state index is -1.18. The Morgan fingerprint density at radius 1 is 1.29 bits per heavy atom. The average Bonchev–Trinajstić information content (AvgIpc) is 3.14. The number of likely N-dealkylation sites (tertiary alicyclic amines) is 1. The minimum absolute atomic E-state index is 0.0132. The highest BCUT2D eigenvalue weighted by Gasteiger charge is 2.72. The number of benzene rings is 1. The van der Waals surface area contributed by atoms with E-state index in [2.05, 4.69) is 4.90 Å². The van der Waals surface area contributed by atoms with E-state index in [9.17, 15) is 24.6 Å². The van der Waals surface area contributed by atoms with Crippen molar-refractivity contribution in [2.75, 3.05) is 13.6 Å². The second kappa shape index (κ2) is 7.81. The van der Waals surface area contributed by atoms with Crippen molar-refractivity contribution in [3.63, 3.8) is 0 Å². The van der Waals surface area contributed by atoms with Gasteiger partial charge in [0, 0.05) is 24.4 Å². The average molecular weight is 472 g/mol. The second-order valence-corrected chi connectivity index (χ2v) is 9.86. The van der Waals surface area contributed by atoms with Gasteiger partial charge >= 0.3 is 11.9 Å². The number of ether oxygens (including phenoxy) is 3. The van der Waals surface area contributed by atoms with Crippen molar-refractivity contribution >= 4 is 17.7 Å². The van der Waals surface area contributed by atoms with Crippen molar-refractivity contribution < 1.29 is 38.8 Å². The lowest BCUT2D eigenvalue weighted by Crippen LogP contribution is -2.74. The maximum atomic E-state index is 12.8. The number of phenols is 1. The summed E-state index contributed by atoms with van der Waals surface area (Å²) in [5, 5.41) is 22.6. The Morgan fingerprint density at radius 3 is 2.79 bits per heavy atom. The molecule has 1 aromatic carbocycles. The highest BCUT2D eigenvalue weighted by molar-refractivity contribution is 5.83. The SMILES string of the molecule is CC(=O)CCC(=O)O[C@@H](C)C(=O)OC1=CC[C@@]2(O)[C@H]3Cc4ccc(O)c5c4[C@@]2(CCN3C)[C@H]1O5. The van der Waals surface area contributed by atoms with E-state index in [1.54, 1.807) is 12.1 Å². The number of nitrogens with zero attached hydrogens (tertiary/aromatic N) is 1. The Balaban J connectivity index is 1.44.